The summed E-state index contributed by atoms with van der Waals surface area (Å²) in [5, 5.41) is 10.8. The molecule has 88 valence electrons. The van der Waals surface area contributed by atoms with Crippen molar-refractivity contribution in [2.75, 3.05) is 0 Å². The molecule has 2 rings (SSSR count). The number of pyridine rings is 1. The average Bonchev–Trinajstić information content (AvgIpc) is 2.33. The summed E-state index contributed by atoms with van der Waals surface area (Å²) >= 11 is 11.6. The molecular weight excluding hydrogens is 264 g/mol. The zero-order chi connectivity index (χ0) is 12.4. The molecule has 17 heavy (non-hydrogen) atoms. The molecule has 1 N–H and O–H groups in total. The Hall–Kier alpha value is -1.16. The first kappa shape index (κ1) is 12.3. The second kappa shape index (κ2) is 5.00. The number of nitrogens with zero attached hydrogens (tertiary/aromatic N) is 1. The van der Waals surface area contributed by atoms with Crippen molar-refractivity contribution < 1.29 is 9.50 Å². The van der Waals surface area contributed by atoms with Gasteiger partial charge in [0.15, 0.2) is 0 Å². The smallest absolute Gasteiger partial charge is 0.141 e. The van der Waals surface area contributed by atoms with E-state index in [1.165, 1.54) is 12.1 Å². The van der Waals surface area contributed by atoms with Gasteiger partial charge in [-0.3, -0.25) is 4.98 Å². The lowest BCUT2D eigenvalue weighted by molar-refractivity contribution is 0.215. The second-order valence-corrected chi connectivity index (χ2v) is 4.29. The number of benzene rings is 1. The molecule has 1 aromatic heterocycles. The highest BCUT2D eigenvalue weighted by atomic mass is 35.5. The van der Waals surface area contributed by atoms with Crippen LogP contribution in [0.1, 0.15) is 17.4 Å². The van der Waals surface area contributed by atoms with Crippen molar-refractivity contribution in [3.05, 3.63) is 63.6 Å². The van der Waals surface area contributed by atoms with Crippen LogP contribution in [0.15, 0.2) is 36.5 Å². The Morgan fingerprint density at radius 3 is 2.47 bits per heavy atom. The predicted octanol–water partition coefficient (Wildman–Crippen LogP) is 3.61. The van der Waals surface area contributed by atoms with Crippen LogP contribution in [-0.2, 0) is 0 Å². The summed E-state index contributed by atoms with van der Waals surface area (Å²) in [4.78, 5) is 3.81. The van der Waals surface area contributed by atoms with Gasteiger partial charge in [-0.1, -0.05) is 29.3 Å². The summed E-state index contributed by atoms with van der Waals surface area (Å²) in [5.74, 6) is -0.449. The van der Waals surface area contributed by atoms with Crippen LogP contribution in [0.3, 0.4) is 0 Å². The van der Waals surface area contributed by atoms with Gasteiger partial charge >= 0.3 is 0 Å². The Morgan fingerprint density at radius 2 is 1.88 bits per heavy atom. The molecule has 0 aliphatic rings. The van der Waals surface area contributed by atoms with E-state index in [4.69, 9.17) is 23.2 Å². The van der Waals surface area contributed by atoms with Gasteiger partial charge in [0.25, 0.3) is 0 Å². The quantitative estimate of drug-likeness (QED) is 0.905. The normalized spacial score (nSPS) is 12.5. The molecule has 0 amide bonds. The van der Waals surface area contributed by atoms with Crippen molar-refractivity contribution in [1.29, 1.82) is 0 Å². The molecule has 0 aliphatic carbocycles. The van der Waals surface area contributed by atoms with Gasteiger partial charge in [-0.2, -0.15) is 0 Å². The number of halogens is 3. The fourth-order valence-corrected chi connectivity index (χ4v) is 1.71. The highest BCUT2D eigenvalue weighted by Gasteiger charge is 2.13. The number of rotatable bonds is 2. The molecule has 1 aromatic carbocycles. The van der Waals surface area contributed by atoms with E-state index in [9.17, 15) is 9.50 Å². The number of aliphatic hydroxyl groups excluding tert-OH is 1. The molecule has 0 radical (unpaired) electrons. The minimum Gasteiger partial charge on any atom is -0.382 e. The van der Waals surface area contributed by atoms with E-state index in [-0.39, 0.29) is 0 Å². The Bertz CT molecular complexity index is 531. The summed E-state index contributed by atoms with van der Waals surface area (Å²) in [6, 6.07) is 7.45. The van der Waals surface area contributed by atoms with Gasteiger partial charge < -0.3 is 5.11 Å². The monoisotopic (exact) mass is 271 g/mol. The van der Waals surface area contributed by atoms with Crippen LogP contribution in [0, 0.1) is 5.82 Å². The van der Waals surface area contributed by atoms with E-state index in [0.717, 1.165) is 6.20 Å². The molecule has 0 aliphatic heterocycles. The molecule has 1 unspecified atom stereocenters. The third kappa shape index (κ3) is 2.75. The first-order chi connectivity index (χ1) is 8.08. The number of aromatic nitrogens is 1. The Morgan fingerprint density at radius 1 is 1.12 bits per heavy atom. The molecule has 0 saturated carbocycles. The van der Waals surface area contributed by atoms with Gasteiger partial charge in [-0.05, 0) is 29.8 Å². The van der Waals surface area contributed by atoms with Crippen molar-refractivity contribution in [3.8, 4) is 0 Å². The summed E-state index contributed by atoms with van der Waals surface area (Å²) in [5.41, 5.74) is 0.906. The third-order valence-electron chi connectivity index (χ3n) is 2.29. The highest BCUT2D eigenvalue weighted by Crippen LogP contribution is 2.27. The molecule has 0 bridgehead atoms. The highest BCUT2D eigenvalue weighted by molar-refractivity contribution is 6.42. The fourth-order valence-electron chi connectivity index (χ4n) is 1.40. The fraction of sp³-hybridized carbons (Fsp3) is 0.0833. The largest absolute Gasteiger partial charge is 0.382 e. The van der Waals surface area contributed by atoms with E-state index < -0.39 is 11.9 Å². The third-order valence-corrected chi connectivity index (χ3v) is 3.03. The van der Waals surface area contributed by atoms with Gasteiger partial charge in [-0.25, -0.2) is 4.39 Å². The van der Waals surface area contributed by atoms with Crippen LogP contribution in [0.2, 0.25) is 10.0 Å². The summed E-state index contributed by atoms with van der Waals surface area (Å²) < 4.78 is 12.7. The van der Waals surface area contributed by atoms with E-state index in [1.54, 1.807) is 18.2 Å². The zero-order valence-corrected chi connectivity index (χ0v) is 10.1. The van der Waals surface area contributed by atoms with Gasteiger partial charge in [0.05, 0.1) is 21.9 Å². The van der Waals surface area contributed by atoms with E-state index in [0.29, 0.717) is 21.3 Å². The Labute approximate surface area is 108 Å². The molecule has 0 spiro atoms. The average molecular weight is 272 g/mol. The topological polar surface area (TPSA) is 33.1 Å². The molecule has 2 aromatic rings. The summed E-state index contributed by atoms with van der Waals surface area (Å²) in [7, 11) is 0. The lowest BCUT2D eigenvalue weighted by Crippen LogP contribution is -2.02. The predicted molar refractivity (Wildman–Crippen MR) is 64.7 cm³/mol. The minimum atomic E-state index is -0.953. The van der Waals surface area contributed by atoms with E-state index in [1.807, 2.05) is 0 Å². The molecule has 0 saturated heterocycles. The Balaban J connectivity index is 2.33. The summed E-state index contributed by atoms with van der Waals surface area (Å²) in [6.45, 7) is 0. The van der Waals surface area contributed by atoms with Crippen LogP contribution < -0.4 is 0 Å². The lowest BCUT2D eigenvalue weighted by atomic mass is 10.1. The molecule has 1 atom stereocenters. The van der Waals surface area contributed by atoms with Crippen LogP contribution >= 0.6 is 23.2 Å². The standard InChI is InChI=1S/C12H8Cl2FNO/c13-9-3-1-7(5-10(9)14)12(17)11-4-2-8(15)6-16-11/h1-6,12,17H. The van der Waals surface area contributed by atoms with Crippen molar-refractivity contribution in [3.63, 3.8) is 0 Å². The van der Waals surface area contributed by atoms with Crippen LogP contribution in [0.25, 0.3) is 0 Å². The van der Waals surface area contributed by atoms with E-state index in [2.05, 4.69) is 4.98 Å². The lowest BCUT2D eigenvalue weighted by Gasteiger charge is -2.11. The minimum absolute atomic E-state index is 0.352. The van der Waals surface area contributed by atoms with E-state index >= 15 is 0 Å². The molecule has 2 nitrogen and oxygen atoms in total. The van der Waals surface area contributed by atoms with Gasteiger partial charge in [0, 0.05) is 0 Å². The van der Waals surface area contributed by atoms with Crippen molar-refractivity contribution >= 4 is 23.2 Å². The first-order valence-corrected chi connectivity index (χ1v) is 5.58. The molecule has 1 heterocycles. The van der Waals surface area contributed by atoms with Gasteiger partial charge in [0.2, 0.25) is 0 Å². The number of aliphatic hydroxyl groups is 1. The molecule has 5 heteroatoms. The maximum absolute atomic E-state index is 12.7. The number of hydrogen-bond acceptors (Lipinski definition) is 2. The zero-order valence-electron chi connectivity index (χ0n) is 8.57. The summed E-state index contributed by atoms with van der Waals surface area (Å²) in [6.07, 6.45) is 0.0983. The van der Waals surface area contributed by atoms with Crippen molar-refractivity contribution in [2.45, 2.75) is 6.10 Å². The Kier molecular flexibility index (Phi) is 3.62. The van der Waals surface area contributed by atoms with Crippen molar-refractivity contribution in [1.82, 2.24) is 4.98 Å². The molecule has 0 fully saturated rings. The van der Waals surface area contributed by atoms with Crippen LogP contribution in [-0.4, -0.2) is 10.1 Å². The van der Waals surface area contributed by atoms with Gasteiger partial charge in [-0.15, -0.1) is 0 Å². The maximum atomic E-state index is 12.7. The van der Waals surface area contributed by atoms with Gasteiger partial charge in [0.1, 0.15) is 11.9 Å². The number of hydrogen-bond donors (Lipinski definition) is 1. The maximum Gasteiger partial charge on any atom is 0.141 e. The second-order valence-electron chi connectivity index (χ2n) is 3.48. The first-order valence-electron chi connectivity index (χ1n) is 4.82. The molecular formula is C12H8Cl2FNO. The van der Waals surface area contributed by atoms with Crippen LogP contribution in [0.5, 0.6) is 0 Å². The SMILES string of the molecule is OC(c1ccc(Cl)c(Cl)c1)c1ccc(F)cn1. The van der Waals surface area contributed by atoms with Crippen LogP contribution in [0.4, 0.5) is 4.39 Å². The van der Waals surface area contributed by atoms with Crippen molar-refractivity contribution in [2.24, 2.45) is 0 Å².